The fourth-order valence-corrected chi connectivity index (χ4v) is 1.23. The molecule has 92 valence electrons. The monoisotopic (exact) mass is 238 g/mol. The van der Waals surface area contributed by atoms with Gasteiger partial charge in [-0.15, -0.1) is 0 Å². The third kappa shape index (κ3) is 3.48. The van der Waals surface area contributed by atoms with Crippen LogP contribution in [0, 0.1) is 0 Å². The molecule has 1 aromatic rings. The zero-order valence-corrected chi connectivity index (χ0v) is 9.67. The van der Waals surface area contributed by atoms with Crippen LogP contribution in [-0.2, 0) is 9.53 Å². The van der Waals surface area contributed by atoms with Crippen LogP contribution in [0.3, 0.4) is 0 Å². The minimum absolute atomic E-state index is 0.233. The fraction of sp³-hybridized carbons (Fsp3) is 0.333. The summed E-state index contributed by atoms with van der Waals surface area (Å²) in [6.07, 6.45) is -0.873. The number of methoxy groups -OCH3 is 1. The summed E-state index contributed by atoms with van der Waals surface area (Å²) in [6.45, 7) is 1.64. The summed E-state index contributed by atoms with van der Waals surface area (Å²) in [7, 11) is 1.52. The lowest BCUT2D eigenvalue weighted by molar-refractivity contribution is -0.147. The van der Waals surface area contributed by atoms with Crippen LogP contribution in [0.1, 0.15) is 23.7 Å². The van der Waals surface area contributed by atoms with Crippen LogP contribution in [0.25, 0.3) is 0 Å². The normalized spacial score (nSPS) is 11.6. The van der Waals surface area contributed by atoms with E-state index in [2.05, 4.69) is 0 Å². The Bertz CT molecular complexity index is 396. The van der Waals surface area contributed by atoms with Crippen molar-refractivity contribution in [2.45, 2.75) is 19.4 Å². The summed E-state index contributed by atoms with van der Waals surface area (Å²) >= 11 is 0. The van der Waals surface area contributed by atoms with Gasteiger partial charge in [-0.1, -0.05) is 6.92 Å². The van der Waals surface area contributed by atoms with E-state index in [0.717, 1.165) is 0 Å². The Balaban J connectivity index is 2.72. The molecule has 0 fully saturated rings. The van der Waals surface area contributed by atoms with Crippen LogP contribution in [0.4, 0.5) is 0 Å². The van der Waals surface area contributed by atoms with Gasteiger partial charge >= 0.3 is 11.9 Å². The van der Waals surface area contributed by atoms with E-state index in [1.807, 2.05) is 0 Å². The number of carboxylic acids is 1. The molecule has 0 radical (unpaired) electrons. The summed E-state index contributed by atoms with van der Waals surface area (Å²) in [5.74, 6) is -1.18. The Kier molecular flexibility index (Phi) is 4.51. The Morgan fingerprint density at radius 3 is 2.29 bits per heavy atom. The van der Waals surface area contributed by atoms with Crippen molar-refractivity contribution >= 4 is 11.9 Å². The first-order valence-corrected chi connectivity index (χ1v) is 5.16. The first kappa shape index (κ1) is 13.0. The van der Waals surface area contributed by atoms with Gasteiger partial charge in [-0.05, 0) is 30.7 Å². The second-order valence-electron chi connectivity index (χ2n) is 3.37. The highest BCUT2D eigenvalue weighted by Gasteiger charge is 2.20. The predicted molar refractivity (Wildman–Crippen MR) is 60.1 cm³/mol. The molecule has 0 amide bonds. The van der Waals surface area contributed by atoms with Crippen molar-refractivity contribution in [1.29, 1.82) is 0 Å². The minimum atomic E-state index is -1.14. The molecule has 5 nitrogen and oxygen atoms in total. The average molecular weight is 238 g/mol. The number of rotatable bonds is 5. The third-order valence-corrected chi connectivity index (χ3v) is 2.22. The number of benzene rings is 1. The predicted octanol–water partition coefficient (Wildman–Crippen LogP) is 1.72. The molecule has 1 rings (SSSR count). The zero-order valence-electron chi connectivity index (χ0n) is 9.67. The molecule has 0 aliphatic rings. The van der Waals surface area contributed by atoms with Gasteiger partial charge in [0.15, 0.2) is 6.10 Å². The van der Waals surface area contributed by atoms with E-state index in [4.69, 9.17) is 14.6 Å². The molecule has 1 atom stereocenters. The van der Waals surface area contributed by atoms with E-state index in [9.17, 15) is 9.59 Å². The smallest absolute Gasteiger partial charge is 0.345 e. The number of carbonyl (C=O) groups is 2. The molecule has 0 saturated heterocycles. The topological polar surface area (TPSA) is 72.8 Å². The molecular formula is C12H14O5. The summed E-state index contributed by atoms with van der Waals surface area (Å²) in [5.41, 5.74) is 0.297. The van der Waals surface area contributed by atoms with Gasteiger partial charge in [0.25, 0.3) is 0 Å². The standard InChI is InChI=1S/C12H14O5/c1-3-10(11(13)14)17-12(15)8-4-6-9(16-2)7-5-8/h4-7,10H,3H2,1-2H3,(H,13,14). The van der Waals surface area contributed by atoms with Crippen LogP contribution in [-0.4, -0.2) is 30.3 Å². The van der Waals surface area contributed by atoms with E-state index >= 15 is 0 Å². The van der Waals surface area contributed by atoms with Crippen LogP contribution in [0.5, 0.6) is 5.75 Å². The first-order chi connectivity index (χ1) is 8.08. The second-order valence-corrected chi connectivity index (χ2v) is 3.37. The first-order valence-electron chi connectivity index (χ1n) is 5.16. The molecule has 0 aliphatic carbocycles. The van der Waals surface area contributed by atoms with Gasteiger partial charge in [0, 0.05) is 0 Å². The van der Waals surface area contributed by atoms with Crippen LogP contribution in [0.2, 0.25) is 0 Å². The number of ether oxygens (including phenoxy) is 2. The maximum atomic E-state index is 11.6. The molecule has 0 saturated carbocycles. The molecule has 5 heteroatoms. The van der Waals surface area contributed by atoms with E-state index in [0.29, 0.717) is 11.3 Å². The van der Waals surface area contributed by atoms with Gasteiger partial charge in [0.2, 0.25) is 0 Å². The number of carboxylic acid groups (broad SMARTS) is 1. The van der Waals surface area contributed by atoms with Crippen molar-refractivity contribution in [1.82, 2.24) is 0 Å². The van der Waals surface area contributed by atoms with Gasteiger partial charge in [-0.25, -0.2) is 9.59 Å². The number of hydrogen-bond donors (Lipinski definition) is 1. The molecule has 1 aromatic carbocycles. The van der Waals surface area contributed by atoms with Crippen molar-refractivity contribution < 1.29 is 24.2 Å². The van der Waals surface area contributed by atoms with Crippen molar-refractivity contribution in [2.75, 3.05) is 7.11 Å². The maximum absolute atomic E-state index is 11.6. The van der Waals surface area contributed by atoms with Crippen molar-refractivity contribution in [2.24, 2.45) is 0 Å². The summed E-state index contributed by atoms with van der Waals surface area (Å²) < 4.78 is 9.78. The Morgan fingerprint density at radius 1 is 1.29 bits per heavy atom. The molecule has 0 aliphatic heterocycles. The molecule has 1 unspecified atom stereocenters. The summed E-state index contributed by atoms with van der Waals surface area (Å²) in [6, 6.07) is 6.27. The Hall–Kier alpha value is -2.04. The number of carbonyl (C=O) groups excluding carboxylic acids is 1. The molecule has 0 bridgehead atoms. The highest BCUT2D eigenvalue weighted by Crippen LogP contribution is 2.13. The number of hydrogen-bond acceptors (Lipinski definition) is 4. The van der Waals surface area contributed by atoms with Gasteiger partial charge < -0.3 is 14.6 Å². The minimum Gasteiger partial charge on any atom is -0.497 e. The molecule has 0 aromatic heterocycles. The quantitative estimate of drug-likeness (QED) is 0.790. The lowest BCUT2D eigenvalue weighted by atomic mass is 10.2. The average Bonchev–Trinajstić information content (AvgIpc) is 2.35. The zero-order chi connectivity index (χ0) is 12.8. The van der Waals surface area contributed by atoms with E-state index in [-0.39, 0.29) is 6.42 Å². The lowest BCUT2D eigenvalue weighted by Gasteiger charge is -2.11. The molecule has 1 N–H and O–H groups in total. The fourth-order valence-electron chi connectivity index (χ4n) is 1.23. The number of esters is 1. The summed E-state index contributed by atoms with van der Waals surface area (Å²) in [5, 5.41) is 8.75. The molecular weight excluding hydrogens is 224 g/mol. The van der Waals surface area contributed by atoms with Crippen LogP contribution in [0.15, 0.2) is 24.3 Å². The SMILES string of the molecule is CCC(OC(=O)c1ccc(OC)cc1)C(=O)O. The van der Waals surface area contributed by atoms with E-state index in [1.54, 1.807) is 19.1 Å². The second kappa shape index (κ2) is 5.89. The highest BCUT2D eigenvalue weighted by molar-refractivity contribution is 5.91. The Labute approximate surface area is 99.0 Å². The molecule has 0 spiro atoms. The van der Waals surface area contributed by atoms with Gasteiger partial charge in [-0.2, -0.15) is 0 Å². The lowest BCUT2D eigenvalue weighted by Crippen LogP contribution is -2.26. The van der Waals surface area contributed by atoms with E-state index in [1.165, 1.54) is 19.2 Å². The third-order valence-electron chi connectivity index (χ3n) is 2.22. The maximum Gasteiger partial charge on any atom is 0.345 e. The van der Waals surface area contributed by atoms with Crippen LogP contribution < -0.4 is 4.74 Å². The van der Waals surface area contributed by atoms with Gasteiger partial charge in [-0.3, -0.25) is 0 Å². The highest BCUT2D eigenvalue weighted by atomic mass is 16.6. The van der Waals surface area contributed by atoms with Crippen molar-refractivity contribution in [3.8, 4) is 5.75 Å². The molecule has 0 heterocycles. The number of aliphatic carboxylic acids is 1. The van der Waals surface area contributed by atoms with Crippen molar-refractivity contribution in [3.05, 3.63) is 29.8 Å². The molecule has 17 heavy (non-hydrogen) atoms. The van der Waals surface area contributed by atoms with Gasteiger partial charge in [0.1, 0.15) is 5.75 Å². The van der Waals surface area contributed by atoms with Gasteiger partial charge in [0.05, 0.1) is 12.7 Å². The largest absolute Gasteiger partial charge is 0.497 e. The van der Waals surface area contributed by atoms with Crippen LogP contribution >= 0.6 is 0 Å². The van der Waals surface area contributed by atoms with E-state index < -0.39 is 18.0 Å². The van der Waals surface area contributed by atoms with Crippen molar-refractivity contribution in [3.63, 3.8) is 0 Å². The Morgan fingerprint density at radius 2 is 1.88 bits per heavy atom. The summed E-state index contributed by atoms with van der Waals surface area (Å²) in [4.78, 5) is 22.3.